The van der Waals surface area contributed by atoms with Gasteiger partial charge in [-0.15, -0.1) is 0 Å². The van der Waals surface area contributed by atoms with Crippen molar-refractivity contribution >= 4 is 17.3 Å². The number of nitrogens with zero attached hydrogens (tertiary/aromatic N) is 1. The van der Waals surface area contributed by atoms with Crippen LogP contribution in [0.1, 0.15) is 36.0 Å². The summed E-state index contributed by atoms with van der Waals surface area (Å²) in [5.74, 6) is -0.0719. The molecule has 0 saturated heterocycles. The number of carboxylic acids is 1. The van der Waals surface area contributed by atoms with Crippen LogP contribution in [0.25, 0.3) is 0 Å². The molecule has 0 aliphatic heterocycles. The molecule has 0 spiro atoms. The molecule has 0 amide bonds. The van der Waals surface area contributed by atoms with E-state index in [9.17, 15) is 4.79 Å². The van der Waals surface area contributed by atoms with Crippen molar-refractivity contribution in [1.29, 1.82) is 0 Å². The SMILES string of the molecule is CN(CCC1CCC1)c1ccc(C(=O)O)cc1N. The number of benzene rings is 1. The zero-order valence-corrected chi connectivity index (χ0v) is 10.7. The van der Waals surface area contributed by atoms with Gasteiger partial charge in [0.05, 0.1) is 16.9 Å². The fraction of sp³-hybridized carbons (Fsp3) is 0.500. The van der Waals surface area contributed by atoms with Crippen molar-refractivity contribution in [2.24, 2.45) is 5.92 Å². The number of carboxylic acid groups (broad SMARTS) is 1. The number of rotatable bonds is 5. The Hall–Kier alpha value is -1.71. The van der Waals surface area contributed by atoms with Gasteiger partial charge in [-0.1, -0.05) is 19.3 Å². The normalized spacial score (nSPS) is 15.2. The number of hydrogen-bond donors (Lipinski definition) is 2. The molecule has 4 heteroatoms. The van der Waals surface area contributed by atoms with Crippen molar-refractivity contribution in [2.45, 2.75) is 25.7 Å². The minimum absolute atomic E-state index is 0.239. The van der Waals surface area contributed by atoms with Crippen LogP contribution in [0.5, 0.6) is 0 Å². The highest BCUT2D eigenvalue weighted by atomic mass is 16.4. The van der Waals surface area contributed by atoms with Crippen LogP contribution in [0.2, 0.25) is 0 Å². The molecule has 1 aliphatic rings. The molecule has 0 atom stereocenters. The second-order valence-corrected chi connectivity index (χ2v) is 5.09. The summed E-state index contributed by atoms with van der Waals surface area (Å²) in [5, 5.41) is 8.89. The minimum atomic E-state index is -0.939. The fourth-order valence-corrected chi connectivity index (χ4v) is 2.31. The molecular weight excluding hydrogens is 228 g/mol. The third-order valence-corrected chi connectivity index (χ3v) is 3.78. The zero-order chi connectivity index (χ0) is 13.1. The molecule has 98 valence electrons. The van der Waals surface area contributed by atoms with E-state index in [-0.39, 0.29) is 5.56 Å². The molecule has 4 nitrogen and oxygen atoms in total. The van der Waals surface area contributed by atoms with Gasteiger partial charge in [-0.2, -0.15) is 0 Å². The maximum Gasteiger partial charge on any atom is 0.335 e. The highest BCUT2D eigenvalue weighted by Gasteiger charge is 2.18. The molecule has 1 aromatic carbocycles. The molecule has 1 aromatic rings. The number of aromatic carboxylic acids is 1. The standard InChI is InChI=1S/C14H20N2O2/c1-16(8-7-10-3-2-4-10)13-6-5-11(14(17)18)9-12(13)15/h5-6,9-10H,2-4,7-8,15H2,1H3,(H,17,18). The van der Waals surface area contributed by atoms with Gasteiger partial charge in [0.2, 0.25) is 0 Å². The van der Waals surface area contributed by atoms with Gasteiger partial charge >= 0.3 is 5.97 Å². The summed E-state index contributed by atoms with van der Waals surface area (Å²) in [5.41, 5.74) is 7.60. The lowest BCUT2D eigenvalue weighted by atomic mass is 9.83. The maximum atomic E-state index is 10.8. The van der Waals surface area contributed by atoms with Crippen LogP contribution >= 0.6 is 0 Å². The Morgan fingerprint density at radius 2 is 2.22 bits per heavy atom. The van der Waals surface area contributed by atoms with Gasteiger partial charge in [0, 0.05) is 13.6 Å². The summed E-state index contributed by atoms with van der Waals surface area (Å²) < 4.78 is 0. The lowest BCUT2D eigenvalue weighted by molar-refractivity contribution is 0.0697. The molecule has 0 radical (unpaired) electrons. The lowest BCUT2D eigenvalue weighted by Gasteiger charge is -2.29. The second-order valence-electron chi connectivity index (χ2n) is 5.09. The summed E-state index contributed by atoms with van der Waals surface area (Å²) >= 11 is 0. The van der Waals surface area contributed by atoms with Gasteiger partial charge in [0.15, 0.2) is 0 Å². The number of nitrogens with two attached hydrogens (primary N) is 1. The second kappa shape index (κ2) is 5.29. The van der Waals surface area contributed by atoms with Crippen molar-refractivity contribution < 1.29 is 9.90 Å². The van der Waals surface area contributed by atoms with E-state index >= 15 is 0 Å². The summed E-state index contributed by atoms with van der Waals surface area (Å²) in [7, 11) is 2.00. The quantitative estimate of drug-likeness (QED) is 0.786. The van der Waals surface area contributed by atoms with Gasteiger partial charge < -0.3 is 15.7 Å². The van der Waals surface area contributed by atoms with E-state index in [4.69, 9.17) is 10.8 Å². The maximum absolute atomic E-state index is 10.8. The van der Waals surface area contributed by atoms with Crippen LogP contribution in [-0.2, 0) is 0 Å². The van der Waals surface area contributed by atoms with Crippen molar-refractivity contribution in [3.05, 3.63) is 23.8 Å². The van der Waals surface area contributed by atoms with Crippen LogP contribution in [0.4, 0.5) is 11.4 Å². The Kier molecular flexibility index (Phi) is 3.75. The van der Waals surface area contributed by atoms with Crippen LogP contribution in [0.3, 0.4) is 0 Å². The topological polar surface area (TPSA) is 66.6 Å². The Morgan fingerprint density at radius 3 is 2.72 bits per heavy atom. The van der Waals surface area contributed by atoms with Crippen molar-refractivity contribution in [2.75, 3.05) is 24.2 Å². The molecule has 0 heterocycles. The summed E-state index contributed by atoms with van der Waals surface area (Å²) in [4.78, 5) is 12.9. The minimum Gasteiger partial charge on any atom is -0.478 e. The van der Waals surface area contributed by atoms with Crippen molar-refractivity contribution in [3.63, 3.8) is 0 Å². The van der Waals surface area contributed by atoms with E-state index in [1.54, 1.807) is 12.1 Å². The molecule has 1 aliphatic carbocycles. The molecule has 2 rings (SSSR count). The largest absolute Gasteiger partial charge is 0.478 e. The smallest absolute Gasteiger partial charge is 0.335 e. The molecule has 3 N–H and O–H groups in total. The van der Waals surface area contributed by atoms with Crippen molar-refractivity contribution in [3.8, 4) is 0 Å². The first-order valence-electron chi connectivity index (χ1n) is 6.42. The number of hydrogen-bond acceptors (Lipinski definition) is 3. The Labute approximate surface area is 107 Å². The van der Waals surface area contributed by atoms with E-state index in [1.807, 2.05) is 7.05 Å². The first-order chi connectivity index (χ1) is 8.58. The summed E-state index contributed by atoms with van der Waals surface area (Å²) in [6.07, 6.45) is 5.25. The van der Waals surface area contributed by atoms with Gasteiger partial charge in [-0.05, 0) is 30.5 Å². The fourth-order valence-electron chi connectivity index (χ4n) is 2.31. The first kappa shape index (κ1) is 12.7. The Bertz CT molecular complexity index is 441. The molecule has 18 heavy (non-hydrogen) atoms. The average molecular weight is 248 g/mol. The predicted octanol–water partition coefficient (Wildman–Crippen LogP) is 2.59. The molecule has 0 aromatic heterocycles. The van der Waals surface area contributed by atoms with E-state index in [1.165, 1.54) is 31.7 Å². The summed E-state index contributed by atoms with van der Waals surface area (Å²) in [6.45, 7) is 0.973. The Morgan fingerprint density at radius 1 is 1.50 bits per heavy atom. The third-order valence-electron chi connectivity index (χ3n) is 3.78. The highest BCUT2D eigenvalue weighted by molar-refractivity contribution is 5.90. The zero-order valence-electron chi connectivity index (χ0n) is 10.7. The molecule has 1 saturated carbocycles. The van der Waals surface area contributed by atoms with Gasteiger partial charge in [0.1, 0.15) is 0 Å². The van der Waals surface area contributed by atoms with Gasteiger partial charge in [0.25, 0.3) is 0 Å². The first-order valence-corrected chi connectivity index (χ1v) is 6.42. The monoisotopic (exact) mass is 248 g/mol. The van der Waals surface area contributed by atoms with Gasteiger partial charge in [-0.3, -0.25) is 0 Å². The number of nitrogen functional groups attached to an aromatic ring is 1. The molecule has 0 unspecified atom stereocenters. The van der Waals surface area contributed by atoms with Crippen LogP contribution in [0.15, 0.2) is 18.2 Å². The van der Waals surface area contributed by atoms with Crippen LogP contribution in [-0.4, -0.2) is 24.7 Å². The molecule has 0 bridgehead atoms. The van der Waals surface area contributed by atoms with Crippen LogP contribution < -0.4 is 10.6 Å². The molecular formula is C14H20N2O2. The average Bonchev–Trinajstić information content (AvgIpc) is 2.26. The summed E-state index contributed by atoms with van der Waals surface area (Å²) in [6, 6.07) is 4.92. The Balaban J connectivity index is 2.00. The van der Waals surface area contributed by atoms with E-state index in [2.05, 4.69) is 4.90 Å². The van der Waals surface area contributed by atoms with Gasteiger partial charge in [-0.25, -0.2) is 4.79 Å². The van der Waals surface area contributed by atoms with Crippen LogP contribution in [0, 0.1) is 5.92 Å². The number of carbonyl (C=O) groups is 1. The van der Waals surface area contributed by atoms with E-state index < -0.39 is 5.97 Å². The lowest BCUT2D eigenvalue weighted by Crippen LogP contribution is -2.24. The number of anilines is 2. The third kappa shape index (κ3) is 2.75. The predicted molar refractivity (Wildman–Crippen MR) is 73.0 cm³/mol. The highest BCUT2D eigenvalue weighted by Crippen LogP contribution is 2.30. The van der Waals surface area contributed by atoms with E-state index in [0.29, 0.717) is 5.69 Å². The molecule has 1 fully saturated rings. The van der Waals surface area contributed by atoms with E-state index in [0.717, 1.165) is 18.2 Å². The van der Waals surface area contributed by atoms with Crippen molar-refractivity contribution in [1.82, 2.24) is 0 Å².